The molecule has 0 aliphatic carbocycles. The van der Waals surface area contributed by atoms with Gasteiger partial charge in [0.1, 0.15) is 9.84 Å². The minimum Gasteiger partial charge on any atom is -0.316 e. The third kappa shape index (κ3) is 5.54. The van der Waals surface area contributed by atoms with Gasteiger partial charge in [0.05, 0.1) is 5.75 Å². The number of hydrogen-bond donors (Lipinski definition) is 1. The zero-order valence-corrected chi connectivity index (χ0v) is 9.59. The highest BCUT2D eigenvalue weighted by atomic mass is 32.2. The summed E-state index contributed by atoms with van der Waals surface area (Å²) in [5.41, 5.74) is 0. The lowest BCUT2D eigenvalue weighted by molar-refractivity contribution is 0.341. The quantitative estimate of drug-likeness (QED) is 0.661. The van der Waals surface area contributed by atoms with E-state index in [2.05, 4.69) is 5.32 Å². The molecule has 1 saturated heterocycles. The number of hydrogen-bond acceptors (Lipinski definition) is 4. The van der Waals surface area contributed by atoms with Crippen LogP contribution in [0.2, 0.25) is 0 Å². The number of rotatable bonds is 6. The van der Waals surface area contributed by atoms with E-state index >= 15 is 0 Å². The van der Waals surface area contributed by atoms with Crippen LogP contribution in [-0.4, -0.2) is 45.0 Å². The molecule has 0 bridgehead atoms. The largest absolute Gasteiger partial charge is 0.316 e. The molecular weight excluding hydrogens is 206 g/mol. The van der Waals surface area contributed by atoms with Crippen molar-refractivity contribution in [2.24, 2.45) is 5.92 Å². The van der Waals surface area contributed by atoms with Crippen LogP contribution in [-0.2, 0) is 9.84 Å². The van der Waals surface area contributed by atoms with Crippen LogP contribution in [0.5, 0.6) is 0 Å². The summed E-state index contributed by atoms with van der Waals surface area (Å²) in [6.07, 6.45) is 2.52. The van der Waals surface area contributed by atoms with Crippen molar-refractivity contribution < 1.29 is 8.42 Å². The molecular formula is C8H17NO2S2. The fraction of sp³-hybridized carbons (Fsp3) is 1.00. The summed E-state index contributed by atoms with van der Waals surface area (Å²) in [7, 11) is -2.75. The Kier molecular flexibility index (Phi) is 4.55. The maximum Gasteiger partial charge on any atom is 0.148 e. The van der Waals surface area contributed by atoms with Gasteiger partial charge in [0, 0.05) is 12.0 Å². The molecule has 13 heavy (non-hydrogen) atoms. The lowest BCUT2D eigenvalue weighted by Gasteiger charge is -2.26. The highest BCUT2D eigenvalue weighted by Crippen LogP contribution is 2.13. The Morgan fingerprint density at radius 2 is 2.08 bits per heavy atom. The van der Waals surface area contributed by atoms with Gasteiger partial charge in [-0.3, -0.25) is 0 Å². The third-order valence-corrected chi connectivity index (χ3v) is 4.36. The molecule has 0 aromatic carbocycles. The van der Waals surface area contributed by atoms with Crippen molar-refractivity contribution in [2.45, 2.75) is 6.42 Å². The Morgan fingerprint density at radius 3 is 2.54 bits per heavy atom. The Labute approximate surface area is 84.6 Å². The second kappa shape index (κ2) is 5.22. The summed E-state index contributed by atoms with van der Waals surface area (Å²) in [4.78, 5) is 0. The van der Waals surface area contributed by atoms with E-state index in [4.69, 9.17) is 0 Å². The van der Waals surface area contributed by atoms with Crippen LogP contribution >= 0.6 is 11.8 Å². The highest BCUT2D eigenvalue weighted by Gasteiger charge is 2.15. The Hall–Kier alpha value is 0.260. The molecule has 1 N–H and O–H groups in total. The van der Waals surface area contributed by atoms with Crippen LogP contribution in [0.4, 0.5) is 0 Å². The van der Waals surface area contributed by atoms with E-state index in [0.29, 0.717) is 5.75 Å². The molecule has 3 nitrogen and oxygen atoms in total. The first-order valence-corrected chi connectivity index (χ1v) is 7.75. The maximum atomic E-state index is 10.8. The smallest absolute Gasteiger partial charge is 0.148 e. The fourth-order valence-corrected chi connectivity index (χ4v) is 3.50. The molecule has 0 aromatic heterocycles. The van der Waals surface area contributed by atoms with Gasteiger partial charge in [0.25, 0.3) is 0 Å². The second-order valence-corrected chi connectivity index (χ2v) is 7.04. The van der Waals surface area contributed by atoms with Crippen LogP contribution in [0.25, 0.3) is 0 Å². The van der Waals surface area contributed by atoms with E-state index in [1.54, 1.807) is 11.8 Å². The van der Waals surface area contributed by atoms with Gasteiger partial charge in [-0.05, 0) is 31.2 Å². The minimum atomic E-state index is -2.75. The zero-order valence-electron chi connectivity index (χ0n) is 7.95. The molecule has 1 heterocycles. The highest BCUT2D eigenvalue weighted by molar-refractivity contribution is 8.00. The molecule has 0 aromatic rings. The lowest BCUT2D eigenvalue weighted by atomic mass is 10.0. The van der Waals surface area contributed by atoms with Crippen LogP contribution in [0, 0.1) is 5.92 Å². The van der Waals surface area contributed by atoms with Crippen LogP contribution in [0.3, 0.4) is 0 Å². The predicted octanol–water partition coefficient (Wildman–Crippen LogP) is 0.374. The van der Waals surface area contributed by atoms with Gasteiger partial charge in [-0.1, -0.05) is 0 Å². The molecule has 1 fully saturated rings. The summed E-state index contributed by atoms with van der Waals surface area (Å²) >= 11 is 1.75. The molecule has 0 atom stereocenters. The Balaban J connectivity index is 1.89. The van der Waals surface area contributed by atoms with Gasteiger partial charge < -0.3 is 5.32 Å². The number of thioether (sulfide) groups is 1. The van der Waals surface area contributed by atoms with Crippen molar-refractivity contribution in [2.75, 3.05) is 36.6 Å². The van der Waals surface area contributed by atoms with Gasteiger partial charge in [0.15, 0.2) is 0 Å². The minimum absolute atomic E-state index is 0.320. The molecule has 0 unspecified atom stereocenters. The van der Waals surface area contributed by atoms with E-state index in [-0.39, 0.29) is 0 Å². The third-order valence-electron chi connectivity index (χ3n) is 2.13. The van der Waals surface area contributed by atoms with Crippen molar-refractivity contribution in [1.82, 2.24) is 5.32 Å². The summed E-state index contributed by atoms with van der Waals surface area (Å²) in [6, 6.07) is 0. The monoisotopic (exact) mass is 223 g/mol. The van der Waals surface area contributed by atoms with Crippen molar-refractivity contribution in [3.63, 3.8) is 0 Å². The van der Waals surface area contributed by atoms with Gasteiger partial charge in [0.2, 0.25) is 0 Å². The first-order chi connectivity index (χ1) is 6.08. The van der Waals surface area contributed by atoms with Gasteiger partial charge >= 0.3 is 0 Å². The van der Waals surface area contributed by atoms with Crippen LogP contribution in [0.1, 0.15) is 6.42 Å². The Bertz CT molecular complexity index is 235. The molecule has 5 heteroatoms. The average molecular weight is 223 g/mol. The first-order valence-electron chi connectivity index (χ1n) is 4.54. The summed E-state index contributed by atoms with van der Waals surface area (Å²) < 4.78 is 21.5. The summed E-state index contributed by atoms with van der Waals surface area (Å²) in [5.74, 6) is 3.01. The van der Waals surface area contributed by atoms with E-state index in [1.807, 2.05) is 0 Å². The molecule has 78 valence electrons. The second-order valence-electron chi connectivity index (χ2n) is 3.56. The number of nitrogens with one attached hydrogen (secondary N) is 1. The predicted molar refractivity (Wildman–Crippen MR) is 58.0 cm³/mol. The molecule has 1 rings (SSSR count). The number of sulfone groups is 1. The van der Waals surface area contributed by atoms with Gasteiger partial charge in [-0.15, -0.1) is 0 Å². The average Bonchev–Trinajstić information content (AvgIpc) is 1.90. The van der Waals surface area contributed by atoms with E-state index in [1.165, 1.54) is 12.7 Å². The first kappa shape index (κ1) is 11.3. The standard InChI is InChI=1S/C8H17NO2S2/c1-13(10,11)5-4-12-3-2-8-6-9-7-8/h8-9H,2-7H2,1H3. The SMILES string of the molecule is CS(=O)(=O)CCSCCC1CNC1. The van der Waals surface area contributed by atoms with E-state index in [9.17, 15) is 8.42 Å². The summed E-state index contributed by atoms with van der Waals surface area (Å²) in [6.45, 7) is 2.29. The van der Waals surface area contributed by atoms with E-state index < -0.39 is 9.84 Å². The zero-order chi connectivity index (χ0) is 9.73. The molecule has 1 aliphatic rings. The maximum absolute atomic E-state index is 10.8. The molecule has 0 amide bonds. The summed E-state index contributed by atoms with van der Waals surface area (Å²) in [5, 5.41) is 3.22. The van der Waals surface area contributed by atoms with E-state index in [0.717, 1.165) is 30.5 Å². The van der Waals surface area contributed by atoms with Crippen molar-refractivity contribution >= 4 is 21.6 Å². The molecule has 1 aliphatic heterocycles. The normalized spacial score (nSPS) is 18.5. The fourth-order valence-electron chi connectivity index (χ4n) is 1.11. The topological polar surface area (TPSA) is 46.2 Å². The van der Waals surface area contributed by atoms with Crippen LogP contribution in [0.15, 0.2) is 0 Å². The molecule has 0 radical (unpaired) electrons. The Morgan fingerprint density at radius 1 is 1.38 bits per heavy atom. The van der Waals surface area contributed by atoms with Gasteiger partial charge in [-0.2, -0.15) is 11.8 Å². The van der Waals surface area contributed by atoms with Crippen molar-refractivity contribution in [1.29, 1.82) is 0 Å². The van der Waals surface area contributed by atoms with Crippen molar-refractivity contribution in [3.05, 3.63) is 0 Å². The molecule has 0 spiro atoms. The lowest BCUT2D eigenvalue weighted by Crippen LogP contribution is -2.42. The van der Waals surface area contributed by atoms with Crippen LogP contribution < -0.4 is 5.32 Å². The molecule has 0 saturated carbocycles. The van der Waals surface area contributed by atoms with Crippen molar-refractivity contribution in [3.8, 4) is 0 Å². The van der Waals surface area contributed by atoms with Gasteiger partial charge in [-0.25, -0.2) is 8.42 Å².